The van der Waals surface area contributed by atoms with Gasteiger partial charge in [-0.25, -0.2) is 0 Å². The number of rotatable bonds is 4. The van der Waals surface area contributed by atoms with Crippen molar-refractivity contribution in [1.82, 2.24) is 15.2 Å². The second-order valence-corrected chi connectivity index (χ2v) is 9.11. The molecule has 1 saturated heterocycles. The van der Waals surface area contributed by atoms with Gasteiger partial charge < -0.3 is 14.2 Å². The molecular weight excluding hydrogens is 459 g/mol. The van der Waals surface area contributed by atoms with E-state index in [0.29, 0.717) is 30.6 Å². The van der Waals surface area contributed by atoms with Crippen molar-refractivity contribution >= 4 is 0 Å². The molecule has 1 unspecified atom stereocenters. The van der Waals surface area contributed by atoms with Crippen LogP contribution >= 0.6 is 0 Å². The first-order valence-electron chi connectivity index (χ1n) is 11.5. The van der Waals surface area contributed by atoms with Crippen LogP contribution in [0.25, 0.3) is 34.0 Å². The maximum absolute atomic E-state index is 14.1. The van der Waals surface area contributed by atoms with Crippen LogP contribution in [-0.4, -0.2) is 39.5 Å². The van der Waals surface area contributed by atoms with Gasteiger partial charge in [-0.3, -0.25) is 4.90 Å². The molecule has 0 bridgehead atoms. The van der Waals surface area contributed by atoms with Gasteiger partial charge in [-0.1, -0.05) is 58.8 Å². The van der Waals surface area contributed by atoms with E-state index in [4.69, 9.17) is 9.05 Å². The van der Waals surface area contributed by atoms with Gasteiger partial charge in [0.15, 0.2) is 17.2 Å². The Bertz CT molecular complexity index is 1380. The van der Waals surface area contributed by atoms with Gasteiger partial charge >= 0.3 is 6.18 Å². The van der Waals surface area contributed by atoms with E-state index < -0.39 is 11.7 Å². The normalized spacial score (nSPS) is 18.0. The average Bonchev–Trinajstić information content (AvgIpc) is 3.57. The number of nitrogens with zero attached hydrogens (tertiary/aromatic N) is 3. The summed E-state index contributed by atoms with van der Waals surface area (Å²) in [6, 6.07) is 14.2. The molecule has 1 fully saturated rings. The number of hydrogen-bond donors (Lipinski definition) is 1. The molecule has 1 N–H and O–H groups in total. The molecule has 0 amide bonds. The van der Waals surface area contributed by atoms with Gasteiger partial charge in [0.2, 0.25) is 0 Å². The predicted octanol–water partition coefficient (Wildman–Crippen LogP) is 5.35. The lowest BCUT2D eigenvalue weighted by Crippen LogP contribution is -2.21. The van der Waals surface area contributed by atoms with E-state index in [2.05, 4.69) is 21.3 Å². The SMILES string of the molecule is OC1CCN(Cc2ccc3c(c2)CCc2c-3noc2-c2noc(-c3ccccc3)c2C(F)(F)F)C1. The smallest absolute Gasteiger partial charge is 0.392 e. The van der Waals surface area contributed by atoms with E-state index >= 15 is 0 Å². The summed E-state index contributed by atoms with van der Waals surface area (Å²) in [7, 11) is 0. The lowest BCUT2D eigenvalue weighted by atomic mass is 9.87. The minimum atomic E-state index is -4.69. The molecule has 6 rings (SSSR count). The van der Waals surface area contributed by atoms with Crippen LogP contribution in [0.5, 0.6) is 0 Å². The van der Waals surface area contributed by atoms with E-state index in [1.165, 1.54) is 0 Å². The van der Waals surface area contributed by atoms with Crippen LogP contribution in [0.4, 0.5) is 13.2 Å². The average molecular weight is 481 g/mol. The third-order valence-electron chi connectivity index (χ3n) is 6.74. The molecule has 9 heteroatoms. The van der Waals surface area contributed by atoms with Gasteiger partial charge in [0.25, 0.3) is 0 Å². The Morgan fingerprint density at radius 2 is 1.74 bits per heavy atom. The molecule has 2 aromatic heterocycles. The zero-order chi connectivity index (χ0) is 24.2. The summed E-state index contributed by atoms with van der Waals surface area (Å²) >= 11 is 0. The van der Waals surface area contributed by atoms with E-state index in [-0.39, 0.29) is 28.9 Å². The van der Waals surface area contributed by atoms with Gasteiger partial charge in [0.05, 0.1) is 6.10 Å². The Balaban J connectivity index is 1.37. The maximum Gasteiger partial charge on any atom is 0.422 e. The van der Waals surface area contributed by atoms with E-state index in [1.807, 2.05) is 12.1 Å². The van der Waals surface area contributed by atoms with Gasteiger partial charge in [-0.15, -0.1) is 0 Å². The van der Waals surface area contributed by atoms with Gasteiger partial charge in [-0.2, -0.15) is 13.2 Å². The molecule has 1 aliphatic carbocycles. The summed E-state index contributed by atoms with van der Waals surface area (Å²) in [5, 5.41) is 17.7. The molecule has 2 aromatic carbocycles. The fourth-order valence-electron chi connectivity index (χ4n) is 5.09. The molecule has 1 atom stereocenters. The van der Waals surface area contributed by atoms with Crippen molar-refractivity contribution in [3.63, 3.8) is 0 Å². The van der Waals surface area contributed by atoms with Crippen molar-refractivity contribution in [3.05, 3.63) is 70.8 Å². The minimum Gasteiger partial charge on any atom is -0.392 e. The topological polar surface area (TPSA) is 75.5 Å². The van der Waals surface area contributed by atoms with Gasteiger partial charge in [0, 0.05) is 36.3 Å². The van der Waals surface area contributed by atoms with Crippen molar-refractivity contribution < 1.29 is 27.3 Å². The van der Waals surface area contributed by atoms with Crippen molar-refractivity contribution in [1.29, 1.82) is 0 Å². The number of alkyl halides is 3. The zero-order valence-corrected chi connectivity index (χ0v) is 18.7. The highest BCUT2D eigenvalue weighted by molar-refractivity contribution is 5.79. The van der Waals surface area contributed by atoms with Crippen molar-refractivity contribution in [2.75, 3.05) is 13.1 Å². The second-order valence-electron chi connectivity index (χ2n) is 9.11. The largest absolute Gasteiger partial charge is 0.422 e. The maximum atomic E-state index is 14.1. The van der Waals surface area contributed by atoms with Crippen LogP contribution in [0.1, 0.15) is 28.7 Å². The summed E-state index contributed by atoms with van der Waals surface area (Å²) in [5.74, 6) is -0.342. The number of aromatic nitrogens is 2. The Hall–Kier alpha value is -3.43. The number of benzene rings is 2. The number of aryl methyl sites for hydroxylation is 1. The fourth-order valence-corrected chi connectivity index (χ4v) is 5.09. The number of β-amino-alcohol motifs (C(OH)–C–C–N with tert-alkyl or cyclic N) is 1. The Labute approximate surface area is 198 Å². The molecule has 2 aliphatic rings. The summed E-state index contributed by atoms with van der Waals surface area (Å²) in [6.07, 6.45) is -3.05. The van der Waals surface area contributed by atoms with Gasteiger partial charge in [0.1, 0.15) is 11.3 Å². The van der Waals surface area contributed by atoms with Crippen LogP contribution in [-0.2, 0) is 25.6 Å². The fraction of sp³-hybridized carbons (Fsp3) is 0.308. The van der Waals surface area contributed by atoms with Crippen molar-refractivity contribution in [2.45, 2.75) is 38.1 Å². The molecule has 0 spiro atoms. The van der Waals surface area contributed by atoms with E-state index in [1.54, 1.807) is 30.3 Å². The first-order chi connectivity index (χ1) is 16.9. The number of aliphatic hydroxyl groups excluding tert-OH is 1. The molecule has 6 nitrogen and oxygen atoms in total. The Morgan fingerprint density at radius 3 is 2.49 bits per heavy atom. The molecule has 1 aliphatic heterocycles. The number of hydrogen-bond acceptors (Lipinski definition) is 6. The molecule has 0 saturated carbocycles. The monoisotopic (exact) mass is 481 g/mol. The third kappa shape index (κ3) is 3.94. The summed E-state index contributed by atoms with van der Waals surface area (Å²) in [5.41, 5.74) is 3.16. The minimum absolute atomic E-state index is 0.000892. The first-order valence-corrected chi connectivity index (χ1v) is 11.5. The van der Waals surface area contributed by atoms with Crippen LogP contribution in [0, 0.1) is 0 Å². The Morgan fingerprint density at radius 1 is 0.971 bits per heavy atom. The van der Waals surface area contributed by atoms with E-state index in [0.717, 1.165) is 36.2 Å². The number of likely N-dealkylation sites (tertiary alicyclic amines) is 1. The summed E-state index contributed by atoms with van der Waals surface area (Å²) in [4.78, 5) is 2.21. The van der Waals surface area contributed by atoms with Crippen LogP contribution in [0.3, 0.4) is 0 Å². The summed E-state index contributed by atoms with van der Waals surface area (Å²) in [6.45, 7) is 2.27. The van der Waals surface area contributed by atoms with Crippen molar-refractivity contribution in [2.24, 2.45) is 0 Å². The molecule has 3 heterocycles. The highest BCUT2D eigenvalue weighted by Crippen LogP contribution is 2.46. The molecule has 4 aromatic rings. The molecule has 0 radical (unpaired) electrons. The lowest BCUT2D eigenvalue weighted by Gasteiger charge is -2.19. The van der Waals surface area contributed by atoms with Gasteiger partial charge in [-0.05, 0) is 30.4 Å². The van der Waals surface area contributed by atoms with E-state index in [9.17, 15) is 18.3 Å². The molecule has 35 heavy (non-hydrogen) atoms. The highest BCUT2D eigenvalue weighted by atomic mass is 19.4. The number of fused-ring (bicyclic) bond motifs is 3. The van der Waals surface area contributed by atoms with Crippen LogP contribution in [0.2, 0.25) is 0 Å². The number of aliphatic hydroxyl groups is 1. The standard InChI is InChI=1S/C26H22F3N3O3/c27-26(28,29)21-23(31-34-24(21)16-4-2-1-3-5-16)25-20-9-7-17-12-15(13-32-11-10-18(33)14-32)6-8-19(17)22(20)30-35-25/h1-6,8,12,18,33H,7,9-11,13-14H2. The second kappa shape index (κ2) is 8.35. The Kier molecular flexibility index (Phi) is 5.26. The van der Waals surface area contributed by atoms with Crippen LogP contribution < -0.4 is 0 Å². The first kappa shape index (κ1) is 22.1. The summed E-state index contributed by atoms with van der Waals surface area (Å²) < 4.78 is 53.1. The number of halogens is 3. The highest BCUT2D eigenvalue weighted by Gasteiger charge is 2.43. The zero-order valence-electron chi connectivity index (χ0n) is 18.7. The lowest BCUT2D eigenvalue weighted by molar-refractivity contribution is -0.136. The predicted molar refractivity (Wildman–Crippen MR) is 121 cm³/mol. The quantitative estimate of drug-likeness (QED) is 0.424. The van der Waals surface area contributed by atoms with Crippen molar-refractivity contribution in [3.8, 4) is 34.0 Å². The third-order valence-corrected chi connectivity index (χ3v) is 6.74. The molecular formula is C26H22F3N3O3. The molecule has 180 valence electrons. The van der Waals surface area contributed by atoms with Crippen LogP contribution in [0.15, 0.2) is 57.6 Å².